The number of hydrogen-bond acceptors (Lipinski definition) is 6. The van der Waals surface area contributed by atoms with Crippen LogP contribution in [0.25, 0.3) is 11.4 Å². The molecule has 0 bridgehead atoms. The number of rotatable bonds is 5. The third-order valence-electron chi connectivity index (χ3n) is 5.36. The van der Waals surface area contributed by atoms with Crippen molar-refractivity contribution in [2.75, 3.05) is 32.8 Å². The van der Waals surface area contributed by atoms with E-state index in [-0.39, 0.29) is 18.4 Å². The minimum atomic E-state index is -0.406. The van der Waals surface area contributed by atoms with Gasteiger partial charge in [0.1, 0.15) is 13.2 Å². The highest BCUT2D eigenvalue weighted by molar-refractivity contribution is 5.83. The maximum Gasteiger partial charge on any atom is 0.410 e. The molecule has 2 saturated heterocycles. The largest absolute Gasteiger partial charge is 0.448 e. The number of ether oxygens (including phenoxy) is 1. The number of hydrogen-bond donors (Lipinski definition) is 0. The minimum Gasteiger partial charge on any atom is -0.448 e. The van der Waals surface area contributed by atoms with E-state index >= 15 is 0 Å². The highest BCUT2D eigenvalue weighted by atomic mass is 16.6. The number of carbonyl (C=O) groups excluding carboxylic acids is 2. The number of aromatic nitrogens is 2. The van der Waals surface area contributed by atoms with Gasteiger partial charge in [0, 0.05) is 25.1 Å². The Bertz CT molecular complexity index is 865. The van der Waals surface area contributed by atoms with Gasteiger partial charge in [0.25, 0.3) is 0 Å². The van der Waals surface area contributed by atoms with Gasteiger partial charge in [-0.3, -0.25) is 9.69 Å². The zero-order valence-corrected chi connectivity index (χ0v) is 16.0. The molecule has 0 spiro atoms. The Labute approximate surface area is 163 Å². The van der Waals surface area contributed by atoms with Crippen LogP contribution in [0.1, 0.15) is 24.3 Å². The minimum absolute atomic E-state index is 0.0327. The SMILES string of the molecule is Cc1ccccc1-c1noc(CC2CCCN(C(=O)CN3CCOC3=O)C2)n1. The summed E-state index contributed by atoms with van der Waals surface area (Å²) in [6, 6.07) is 7.94. The molecule has 2 aromatic rings. The van der Waals surface area contributed by atoms with E-state index in [2.05, 4.69) is 10.1 Å². The summed E-state index contributed by atoms with van der Waals surface area (Å²) in [6.45, 7) is 4.30. The zero-order valence-electron chi connectivity index (χ0n) is 16.0. The lowest BCUT2D eigenvalue weighted by Gasteiger charge is -2.33. The van der Waals surface area contributed by atoms with Crippen molar-refractivity contribution in [1.29, 1.82) is 0 Å². The van der Waals surface area contributed by atoms with E-state index in [1.54, 1.807) is 0 Å². The molecule has 2 aliphatic rings. The average molecular weight is 384 g/mol. The highest BCUT2D eigenvalue weighted by Gasteiger charge is 2.30. The molecule has 2 amide bonds. The number of benzene rings is 1. The van der Waals surface area contributed by atoms with E-state index in [0.717, 1.165) is 30.5 Å². The number of cyclic esters (lactones) is 1. The van der Waals surface area contributed by atoms with Crippen molar-refractivity contribution >= 4 is 12.0 Å². The van der Waals surface area contributed by atoms with Gasteiger partial charge in [-0.15, -0.1) is 0 Å². The standard InChI is InChI=1S/C20H24N4O4/c1-14-5-2-3-7-16(14)19-21-17(28-22-19)11-15-6-4-8-23(12-15)18(25)13-24-9-10-27-20(24)26/h2-3,5,7,15H,4,6,8-13H2,1H3. The van der Waals surface area contributed by atoms with Crippen LogP contribution in [0, 0.1) is 12.8 Å². The van der Waals surface area contributed by atoms with Gasteiger partial charge in [-0.1, -0.05) is 29.4 Å². The van der Waals surface area contributed by atoms with Crippen molar-refractivity contribution in [1.82, 2.24) is 19.9 Å². The van der Waals surface area contributed by atoms with Gasteiger partial charge in [0.05, 0.1) is 6.54 Å². The first-order valence-electron chi connectivity index (χ1n) is 9.68. The smallest absolute Gasteiger partial charge is 0.410 e. The summed E-state index contributed by atoms with van der Waals surface area (Å²) in [7, 11) is 0. The number of likely N-dealkylation sites (tertiary alicyclic amines) is 1. The fourth-order valence-corrected chi connectivity index (χ4v) is 3.81. The van der Waals surface area contributed by atoms with Crippen LogP contribution in [0.3, 0.4) is 0 Å². The molecule has 3 heterocycles. The van der Waals surface area contributed by atoms with Crippen LogP contribution in [0.5, 0.6) is 0 Å². The molecule has 148 valence electrons. The number of amides is 2. The molecule has 28 heavy (non-hydrogen) atoms. The Balaban J connectivity index is 1.36. The van der Waals surface area contributed by atoms with Crippen LogP contribution >= 0.6 is 0 Å². The predicted octanol–water partition coefficient (Wildman–Crippen LogP) is 2.28. The Morgan fingerprint density at radius 2 is 2.14 bits per heavy atom. The van der Waals surface area contributed by atoms with Gasteiger partial charge in [0.2, 0.25) is 17.6 Å². The van der Waals surface area contributed by atoms with Crippen LogP contribution in [0.15, 0.2) is 28.8 Å². The molecule has 1 atom stereocenters. The lowest BCUT2D eigenvalue weighted by molar-refractivity contribution is -0.133. The van der Waals surface area contributed by atoms with Crippen molar-refractivity contribution in [3.63, 3.8) is 0 Å². The Hall–Kier alpha value is -2.90. The monoisotopic (exact) mass is 384 g/mol. The fraction of sp³-hybridized carbons (Fsp3) is 0.500. The Morgan fingerprint density at radius 1 is 1.29 bits per heavy atom. The van der Waals surface area contributed by atoms with Crippen LogP contribution < -0.4 is 0 Å². The number of nitrogens with zero attached hydrogens (tertiary/aromatic N) is 4. The second-order valence-corrected chi connectivity index (χ2v) is 7.41. The van der Waals surface area contributed by atoms with Crippen LogP contribution in [0.2, 0.25) is 0 Å². The van der Waals surface area contributed by atoms with E-state index in [4.69, 9.17) is 9.26 Å². The summed E-state index contributed by atoms with van der Waals surface area (Å²) in [6.07, 6.45) is 2.18. The Morgan fingerprint density at radius 3 is 2.93 bits per heavy atom. The van der Waals surface area contributed by atoms with E-state index in [9.17, 15) is 9.59 Å². The molecule has 1 unspecified atom stereocenters. The number of piperidine rings is 1. The molecule has 1 aromatic carbocycles. The lowest BCUT2D eigenvalue weighted by atomic mass is 9.94. The normalized spacial score (nSPS) is 19.8. The van der Waals surface area contributed by atoms with Gasteiger partial charge in [-0.2, -0.15) is 4.98 Å². The summed E-state index contributed by atoms with van der Waals surface area (Å²) in [4.78, 5) is 31.9. The Kier molecular flexibility index (Phi) is 5.27. The summed E-state index contributed by atoms with van der Waals surface area (Å²) in [5.41, 5.74) is 2.07. The van der Waals surface area contributed by atoms with Crippen molar-refractivity contribution in [2.45, 2.75) is 26.2 Å². The second kappa shape index (κ2) is 8.00. The molecule has 0 saturated carbocycles. The predicted molar refractivity (Wildman–Crippen MR) is 100 cm³/mol. The average Bonchev–Trinajstić information content (AvgIpc) is 3.32. The number of carbonyl (C=O) groups is 2. The van der Waals surface area contributed by atoms with E-state index in [1.807, 2.05) is 36.1 Å². The number of aryl methyl sites for hydroxylation is 1. The third kappa shape index (κ3) is 4.00. The molecule has 8 heteroatoms. The summed E-state index contributed by atoms with van der Waals surface area (Å²) in [5, 5.41) is 4.12. The van der Waals surface area contributed by atoms with E-state index in [0.29, 0.717) is 37.8 Å². The summed E-state index contributed by atoms with van der Waals surface area (Å²) in [5.74, 6) is 1.44. The van der Waals surface area contributed by atoms with Gasteiger partial charge in [-0.25, -0.2) is 4.79 Å². The van der Waals surface area contributed by atoms with Gasteiger partial charge in [-0.05, 0) is 31.2 Å². The molecule has 8 nitrogen and oxygen atoms in total. The van der Waals surface area contributed by atoms with Crippen molar-refractivity contribution in [2.24, 2.45) is 5.92 Å². The molecule has 4 rings (SSSR count). The van der Waals surface area contributed by atoms with Crippen molar-refractivity contribution in [3.8, 4) is 11.4 Å². The van der Waals surface area contributed by atoms with E-state index in [1.165, 1.54) is 4.90 Å². The van der Waals surface area contributed by atoms with Crippen molar-refractivity contribution < 1.29 is 18.8 Å². The van der Waals surface area contributed by atoms with Crippen LogP contribution in [0.4, 0.5) is 4.79 Å². The van der Waals surface area contributed by atoms with Crippen LogP contribution in [-0.2, 0) is 16.0 Å². The maximum atomic E-state index is 12.5. The first-order valence-corrected chi connectivity index (χ1v) is 9.68. The molecule has 0 N–H and O–H groups in total. The lowest BCUT2D eigenvalue weighted by Crippen LogP contribution is -2.45. The van der Waals surface area contributed by atoms with Crippen molar-refractivity contribution in [3.05, 3.63) is 35.7 Å². The molecule has 1 aromatic heterocycles. The molecule has 2 fully saturated rings. The van der Waals surface area contributed by atoms with Gasteiger partial charge < -0.3 is 14.2 Å². The van der Waals surface area contributed by atoms with E-state index < -0.39 is 6.09 Å². The summed E-state index contributed by atoms with van der Waals surface area (Å²) >= 11 is 0. The third-order valence-corrected chi connectivity index (χ3v) is 5.36. The quantitative estimate of drug-likeness (QED) is 0.786. The first-order chi connectivity index (χ1) is 13.6. The topological polar surface area (TPSA) is 88.8 Å². The van der Waals surface area contributed by atoms with Gasteiger partial charge in [0.15, 0.2) is 0 Å². The molecule has 0 radical (unpaired) electrons. The second-order valence-electron chi connectivity index (χ2n) is 7.41. The van der Waals surface area contributed by atoms with Crippen LogP contribution in [-0.4, -0.2) is 64.7 Å². The molecule has 0 aliphatic carbocycles. The summed E-state index contributed by atoms with van der Waals surface area (Å²) < 4.78 is 10.3. The molecule has 2 aliphatic heterocycles. The highest BCUT2D eigenvalue weighted by Crippen LogP contribution is 2.24. The molecular weight excluding hydrogens is 360 g/mol. The first kappa shape index (κ1) is 18.5. The maximum absolute atomic E-state index is 12.5. The fourth-order valence-electron chi connectivity index (χ4n) is 3.81. The zero-order chi connectivity index (χ0) is 19.5. The van der Waals surface area contributed by atoms with Gasteiger partial charge >= 0.3 is 6.09 Å². The molecular formula is C20H24N4O4.